The Morgan fingerprint density at radius 2 is 1.81 bits per heavy atom. The van der Waals surface area contributed by atoms with Crippen molar-refractivity contribution < 1.29 is 14.3 Å². The highest BCUT2D eigenvalue weighted by atomic mass is 35.5. The molecular weight excluding hydrogens is 366 g/mol. The van der Waals surface area contributed by atoms with Crippen molar-refractivity contribution in [2.75, 3.05) is 23.3 Å². The zero-order chi connectivity index (χ0) is 19.2. The summed E-state index contributed by atoms with van der Waals surface area (Å²) in [7, 11) is 0. The second-order valence-electron chi connectivity index (χ2n) is 6.50. The van der Waals surface area contributed by atoms with Crippen molar-refractivity contribution in [3.8, 4) is 0 Å². The monoisotopic (exact) mass is 387 g/mol. The predicted molar refractivity (Wildman–Crippen MR) is 105 cm³/mol. The van der Waals surface area contributed by atoms with Crippen LogP contribution >= 0.6 is 11.6 Å². The molecule has 7 heteroatoms. The van der Waals surface area contributed by atoms with Gasteiger partial charge < -0.3 is 15.0 Å². The summed E-state index contributed by atoms with van der Waals surface area (Å²) in [6, 6.07) is 10.7. The molecule has 1 aliphatic heterocycles. The van der Waals surface area contributed by atoms with Gasteiger partial charge in [0.25, 0.3) is 5.91 Å². The van der Waals surface area contributed by atoms with E-state index in [4.69, 9.17) is 16.3 Å². The van der Waals surface area contributed by atoms with Crippen molar-refractivity contribution in [2.24, 2.45) is 0 Å². The van der Waals surface area contributed by atoms with Crippen molar-refractivity contribution in [2.45, 2.75) is 32.3 Å². The van der Waals surface area contributed by atoms with Crippen LogP contribution in [-0.2, 0) is 9.53 Å². The van der Waals surface area contributed by atoms with E-state index >= 15 is 0 Å². The normalized spacial score (nSPS) is 15.1. The van der Waals surface area contributed by atoms with E-state index in [1.54, 1.807) is 0 Å². The third-order valence-corrected chi connectivity index (χ3v) is 4.70. The summed E-state index contributed by atoms with van der Waals surface area (Å²) in [6.45, 7) is 3.66. The lowest BCUT2D eigenvalue weighted by molar-refractivity contribution is -0.123. The van der Waals surface area contributed by atoms with Crippen LogP contribution in [0.5, 0.6) is 0 Å². The van der Waals surface area contributed by atoms with Gasteiger partial charge in [0.1, 0.15) is 5.15 Å². The Bertz CT molecular complexity index is 787. The van der Waals surface area contributed by atoms with E-state index in [0.717, 1.165) is 18.8 Å². The van der Waals surface area contributed by atoms with Crippen LogP contribution in [0.15, 0.2) is 42.6 Å². The van der Waals surface area contributed by atoms with Crippen molar-refractivity contribution in [3.63, 3.8) is 0 Å². The molecule has 1 fully saturated rings. The summed E-state index contributed by atoms with van der Waals surface area (Å²) in [5.41, 5.74) is 2.06. The number of rotatable bonds is 5. The van der Waals surface area contributed by atoms with Crippen molar-refractivity contribution in [3.05, 3.63) is 53.3 Å². The van der Waals surface area contributed by atoms with E-state index in [9.17, 15) is 9.59 Å². The second-order valence-corrected chi connectivity index (χ2v) is 6.89. The van der Waals surface area contributed by atoms with Crippen molar-refractivity contribution >= 4 is 34.9 Å². The largest absolute Gasteiger partial charge is 0.449 e. The molecule has 6 nitrogen and oxygen atoms in total. The van der Waals surface area contributed by atoms with Crippen molar-refractivity contribution in [1.82, 2.24) is 4.98 Å². The highest BCUT2D eigenvalue weighted by molar-refractivity contribution is 6.29. The lowest BCUT2D eigenvalue weighted by Gasteiger charge is -2.28. The summed E-state index contributed by atoms with van der Waals surface area (Å²) in [5, 5.41) is 3.05. The Labute approximate surface area is 163 Å². The van der Waals surface area contributed by atoms with Crippen LogP contribution in [-0.4, -0.2) is 36.1 Å². The molecule has 1 aromatic carbocycles. The van der Waals surface area contributed by atoms with Gasteiger partial charge in [0.05, 0.1) is 5.56 Å². The van der Waals surface area contributed by atoms with Gasteiger partial charge >= 0.3 is 5.97 Å². The number of pyridine rings is 1. The molecule has 1 atom stereocenters. The Morgan fingerprint density at radius 3 is 2.44 bits per heavy atom. The minimum absolute atomic E-state index is 0.241. The molecular formula is C20H22ClN3O3. The van der Waals surface area contributed by atoms with Crippen LogP contribution in [0.1, 0.15) is 36.5 Å². The van der Waals surface area contributed by atoms with Crippen LogP contribution in [0.2, 0.25) is 5.15 Å². The molecule has 2 heterocycles. The molecule has 0 saturated carbocycles. The smallest absolute Gasteiger partial charge is 0.340 e. The predicted octanol–water partition coefficient (Wildman–Crippen LogP) is 3.91. The molecule has 2 aromatic rings. The molecule has 1 N–H and O–H groups in total. The van der Waals surface area contributed by atoms with Crippen LogP contribution in [0.4, 0.5) is 11.4 Å². The Morgan fingerprint density at radius 1 is 1.11 bits per heavy atom. The molecule has 3 rings (SSSR count). The minimum Gasteiger partial charge on any atom is -0.449 e. The number of piperidine rings is 1. The first-order valence-electron chi connectivity index (χ1n) is 9.01. The van der Waals surface area contributed by atoms with Gasteiger partial charge in [-0.15, -0.1) is 0 Å². The number of amides is 1. The van der Waals surface area contributed by atoms with Gasteiger partial charge in [-0.1, -0.05) is 11.6 Å². The number of nitrogens with zero attached hydrogens (tertiary/aromatic N) is 2. The SMILES string of the molecule is C[C@H](OC(=O)c1ccc(Cl)nc1)C(=O)Nc1ccc(N2CCCCC2)cc1. The lowest BCUT2D eigenvalue weighted by Crippen LogP contribution is -2.30. The van der Waals surface area contributed by atoms with Gasteiger partial charge in [0.2, 0.25) is 0 Å². The summed E-state index contributed by atoms with van der Waals surface area (Å²) < 4.78 is 5.19. The van der Waals surface area contributed by atoms with Crippen LogP contribution in [0.3, 0.4) is 0 Å². The van der Waals surface area contributed by atoms with Crippen molar-refractivity contribution in [1.29, 1.82) is 0 Å². The maximum atomic E-state index is 12.3. The average Bonchev–Trinajstić information content (AvgIpc) is 2.69. The summed E-state index contributed by atoms with van der Waals surface area (Å²) in [4.78, 5) is 30.5. The first kappa shape index (κ1) is 19.2. The Kier molecular flexibility index (Phi) is 6.29. The average molecular weight is 388 g/mol. The van der Waals surface area contributed by atoms with Gasteiger partial charge in [0, 0.05) is 30.7 Å². The number of carbonyl (C=O) groups excluding carboxylic acids is 2. The zero-order valence-corrected chi connectivity index (χ0v) is 15.9. The van der Waals surface area contributed by atoms with Crippen LogP contribution in [0, 0.1) is 0 Å². The van der Waals surface area contributed by atoms with Gasteiger partial charge in [-0.3, -0.25) is 4.79 Å². The number of esters is 1. The minimum atomic E-state index is -0.935. The summed E-state index contributed by atoms with van der Waals surface area (Å²) in [5.74, 6) is -1.02. The lowest BCUT2D eigenvalue weighted by atomic mass is 10.1. The maximum Gasteiger partial charge on any atom is 0.340 e. The highest BCUT2D eigenvalue weighted by Gasteiger charge is 2.19. The van der Waals surface area contributed by atoms with Crippen LogP contribution < -0.4 is 10.2 Å². The first-order valence-corrected chi connectivity index (χ1v) is 9.39. The summed E-state index contributed by atoms with van der Waals surface area (Å²) in [6.07, 6.45) is 4.09. The second kappa shape index (κ2) is 8.86. The van der Waals surface area contributed by atoms with E-state index in [1.165, 1.54) is 44.5 Å². The number of anilines is 2. The molecule has 1 aromatic heterocycles. The van der Waals surface area contributed by atoms with E-state index < -0.39 is 18.0 Å². The molecule has 1 saturated heterocycles. The molecule has 0 spiro atoms. The van der Waals surface area contributed by atoms with Gasteiger partial charge in [0.15, 0.2) is 6.10 Å². The third-order valence-electron chi connectivity index (χ3n) is 4.47. The molecule has 142 valence electrons. The molecule has 27 heavy (non-hydrogen) atoms. The van der Waals surface area contributed by atoms with Crippen LogP contribution in [0.25, 0.3) is 0 Å². The molecule has 1 aliphatic rings. The van der Waals surface area contributed by atoms with E-state index in [-0.39, 0.29) is 10.7 Å². The highest BCUT2D eigenvalue weighted by Crippen LogP contribution is 2.22. The number of aromatic nitrogens is 1. The molecule has 0 radical (unpaired) electrons. The quantitative estimate of drug-likeness (QED) is 0.622. The van der Waals surface area contributed by atoms with Gasteiger partial charge in [-0.2, -0.15) is 0 Å². The number of hydrogen-bond donors (Lipinski definition) is 1. The topological polar surface area (TPSA) is 71.5 Å². The number of carbonyl (C=O) groups is 2. The first-order chi connectivity index (χ1) is 13.0. The van der Waals surface area contributed by atoms with Gasteiger partial charge in [-0.25, -0.2) is 9.78 Å². The van der Waals surface area contributed by atoms with Gasteiger partial charge in [-0.05, 0) is 62.6 Å². The number of nitrogens with one attached hydrogen (secondary N) is 1. The number of halogens is 1. The Hall–Kier alpha value is -2.60. The van der Waals surface area contributed by atoms with E-state index in [0.29, 0.717) is 5.69 Å². The molecule has 0 aliphatic carbocycles. The standard InChI is InChI=1S/C20H22ClN3O3/c1-14(27-20(26)15-5-10-18(21)22-13-15)19(25)23-16-6-8-17(9-7-16)24-11-3-2-4-12-24/h5-10,13-14H,2-4,11-12H2,1H3,(H,23,25)/t14-/m0/s1. The zero-order valence-electron chi connectivity index (χ0n) is 15.2. The molecule has 0 unspecified atom stereocenters. The molecule has 1 amide bonds. The number of benzene rings is 1. The third kappa shape index (κ3) is 5.20. The van der Waals surface area contributed by atoms with E-state index in [2.05, 4.69) is 15.2 Å². The number of hydrogen-bond acceptors (Lipinski definition) is 5. The Balaban J connectivity index is 1.54. The summed E-state index contributed by atoms with van der Waals surface area (Å²) >= 11 is 5.69. The maximum absolute atomic E-state index is 12.3. The fourth-order valence-corrected chi connectivity index (χ4v) is 3.04. The fourth-order valence-electron chi connectivity index (χ4n) is 2.93. The molecule has 0 bridgehead atoms. The number of ether oxygens (including phenoxy) is 1. The fraction of sp³-hybridized carbons (Fsp3) is 0.350. The van der Waals surface area contributed by atoms with E-state index in [1.807, 2.05) is 24.3 Å².